The Hall–Kier alpha value is -1.82. The second kappa shape index (κ2) is 5.44. The number of rotatable bonds is 3. The van der Waals surface area contributed by atoms with Crippen molar-refractivity contribution in [2.24, 2.45) is 0 Å². The minimum Gasteiger partial charge on any atom is -0.393 e. The lowest BCUT2D eigenvalue weighted by molar-refractivity contribution is -0.384. The Morgan fingerprint density at radius 1 is 1.42 bits per heavy atom. The van der Waals surface area contributed by atoms with Crippen molar-refractivity contribution in [3.05, 3.63) is 27.8 Å². The van der Waals surface area contributed by atoms with Crippen LogP contribution in [0.25, 0.3) is 0 Å². The highest BCUT2D eigenvalue weighted by Gasteiger charge is 2.22. The van der Waals surface area contributed by atoms with Crippen LogP contribution in [-0.2, 0) is 0 Å². The molecule has 0 radical (unpaired) electrons. The van der Waals surface area contributed by atoms with Gasteiger partial charge in [0.05, 0.1) is 4.92 Å². The molecule has 0 saturated carbocycles. The van der Waals surface area contributed by atoms with Gasteiger partial charge in [-0.1, -0.05) is 0 Å². The molecule has 2 rings (SSSR count). The molecule has 3 N–H and O–H groups in total. The third kappa shape index (κ3) is 2.78. The lowest BCUT2D eigenvalue weighted by Gasteiger charge is -2.33. The third-order valence-corrected chi connectivity index (χ3v) is 3.77. The van der Waals surface area contributed by atoms with Gasteiger partial charge in [-0.25, -0.2) is 0 Å². The van der Waals surface area contributed by atoms with E-state index in [4.69, 9.17) is 5.73 Å². The number of nitrogens with two attached hydrogens (primary N) is 1. The summed E-state index contributed by atoms with van der Waals surface area (Å²) in [6, 6.07) is 4.13. The Morgan fingerprint density at radius 2 is 2.05 bits per heavy atom. The van der Waals surface area contributed by atoms with E-state index < -0.39 is 4.92 Å². The molecule has 0 bridgehead atoms. The van der Waals surface area contributed by atoms with Crippen molar-refractivity contribution >= 4 is 17.1 Å². The first-order valence-electron chi connectivity index (χ1n) is 6.49. The summed E-state index contributed by atoms with van der Waals surface area (Å²) in [5, 5.41) is 14.2. The van der Waals surface area contributed by atoms with Gasteiger partial charge >= 0.3 is 0 Å². The van der Waals surface area contributed by atoms with Gasteiger partial charge in [-0.05, 0) is 38.9 Å². The average molecular weight is 264 g/mol. The van der Waals surface area contributed by atoms with Crippen LogP contribution in [-0.4, -0.2) is 31.1 Å². The summed E-state index contributed by atoms with van der Waals surface area (Å²) in [4.78, 5) is 12.7. The van der Waals surface area contributed by atoms with Crippen LogP contribution in [0.5, 0.6) is 0 Å². The predicted octanol–water partition coefficient (Wildman–Crippen LogP) is 1.67. The number of nitro benzene ring substituents is 1. The fourth-order valence-corrected chi connectivity index (χ4v) is 2.65. The molecule has 6 nitrogen and oxygen atoms in total. The van der Waals surface area contributed by atoms with E-state index in [2.05, 4.69) is 10.2 Å². The zero-order valence-corrected chi connectivity index (χ0v) is 11.3. The van der Waals surface area contributed by atoms with Crippen molar-refractivity contribution < 1.29 is 4.92 Å². The van der Waals surface area contributed by atoms with Gasteiger partial charge in [0.25, 0.3) is 5.69 Å². The Labute approximate surface area is 112 Å². The van der Waals surface area contributed by atoms with Crippen LogP contribution < -0.4 is 16.0 Å². The fourth-order valence-electron chi connectivity index (χ4n) is 2.65. The maximum Gasteiger partial charge on any atom is 0.295 e. The van der Waals surface area contributed by atoms with Gasteiger partial charge in [-0.2, -0.15) is 0 Å². The van der Waals surface area contributed by atoms with Crippen molar-refractivity contribution in [1.82, 2.24) is 5.32 Å². The summed E-state index contributed by atoms with van der Waals surface area (Å²) < 4.78 is 0. The van der Waals surface area contributed by atoms with Crippen molar-refractivity contribution in [1.29, 1.82) is 0 Å². The predicted molar refractivity (Wildman–Crippen MR) is 76.5 cm³/mol. The summed E-state index contributed by atoms with van der Waals surface area (Å²) in [5.74, 6) is 0. The normalized spacial score (nSPS) is 16.6. The Morgan fingerprint density at radius 3 is 2.53 bits per heavy atom. The molecule has 0 spiro atoms. The molecule has 1 aliphatic rings. The zero-order valence-electron chi connectivity index (χ0n) is 11.3. The van der Waals surface area contributed by atoms with E-state index in [1.54, 1.807) is 13.0 Å². The topological polar surface area (TPSA) is 84.4 Å². The first-order valence-corrected chi connectivity index (χ1v) is 6.49. The summed E-state index contributed by atoms with van der Waals surface area (Å²) in [7, 11) is 1.98. The van der Waals surface area contributed by atoms with Crippen molar-refractivity contribution in [2.75, 3.05) is 30.8 Å². The van der Waals surface area contributed by atoms with Crippen LogP contribution in [0.3, 0.4) is 0 Å². The van der Waals surface area contributed by atoms with Crippen LogP contribution in [0.2, 0.25) is 0 Å². The number of nitrogen functional groups attached to an aromatic ring is 1. The number of aryl methyl sites for hydroxylation is 1. The van der Waals surface area contributed by atoms with E-state index in [9.17, 15) is 10.1 Å². The highest BCUT2D eigenvalue weighted by atomic mass is 16.6. The standard InChI is InChI=1S/C13H20N4O2/c1-9-7-11(8-12(14)13(9)17(18)19)16-5-3-10(15-2)4-6-16/h7-8,10,15H,3-6,14H2,1-2H3. The highest BCUT2D eigenvalue weighted by molar-refractivity contribution is 5.70. The van der Waals surface area contributed by atoms with E-state index in [1.165, 1.54) is 0 Å². The van der Waals surface area contributed by atoms with Crippen molar-refractivity contribution in [2.45, 2.75) is 25.8 Å². The van der Waals surface area contributed by atoms with Gasteiger partial charge in [-0.3, -0.25) is 10.1 Å². The molecule has 0 unspecified atom stereocenters. The van der Waals surface area contributed by atoms with Crippen LogP contribution in [0.4, 0.5) is 17.1 Å². The van der Waals surface area contributed by atoms with Crippen LogP contribution in [0.15, 0.2) is 12.1 Å². The second-order valence-corrected chi connectivity index (χ2v) is 5.01. The summed E-state index contributed by atoms with van der Waals surface area (Å²) in [6.07, 6.45) is 2.15. The van der Waals surface area contributed by atoms with E-state index in [1.807, 2.05) is 13.1 Å². The molecule has 0 atom stereocenters. The van der Waals surface area contributed by atoms with Gasteiger partial charge in [0, 0.05) is 30.4 Å². The molecule has 0 amide bonds. The maximum atomic E-state index is 10.9. The SMILES string of the molecule is CNC1CCN(c2cc(C)c([N+](=O)[O-])c(N)c2)CC1. The fraction of sp³-hybridized carbons (Fsp3) is 0.538. The number of nitrogens with one attached hydrogen (secondary N) is 1. The molecular weight excluding hydrogens is 244 g/mol. The maximum absolute atomic E-state index is 10.9. The zero-order chi connectivity index (χ0) is 14.0. The summed E-state index contributed by atoms with van der Waals surface area (Å²) in [5.41, 5.74) is 7.67. The van der Waals surface area contributed by atoms with Crippen LogP contribution in [0, 0.1) is 17.0 Å². The summed E-state index contributed by atoms with van der Waals surface area (Å²) in [6.45, 7) is 3.63. The molecule has 19 heavy (non-hydrogen) atoms. The molecular formula is C13H20N4O2. The van der Waals surface area contributed by atoms with E-state index >= 15 is 0 Å². The van der Waals surface area contributed by atoms with E-state index in [-0.39, 0.29) is 11.4 Å². The quantitative estimate of drug-likeness (QED) is 0.493. The number of benzene rings is 1. The van der Waals surface area contributed by atoms with Gasteiger partial charge in [-0.15, -0.1) is 0 Å². The Balaban J connectivity index is 2.21. The minimum atomic E-state index is -0.415. The third-order valence-electron chi connectivity index (χ3n) is 3.77. The molecule has 1 aromatic rings. The molecule has 6 heteroatoms. The van der Waals surface area contributed by atoms with Gasteiger partial charge in [0.15, 0.2) is 0 Å². The first-order chi connectivity index (χ1) is 9.02. The molecule has 1 heterocycles. The number of anilines is 2. The average Bonchev–Trinajstić information content (AvgIpc) is 2.37. The minimum absolute atomic E-state index is 0.0221. The number of nitrogens with zero attached hydrogens (tertiary/aromatic N) is 2. The lowest BCUT2D eigenvalue weighted by atomic mass is 10.0. The number of hydrogen-bond donors (Lipinski definition) is 2. The molecule has 0 aromatic heterocycles. The van der Waals surface area contributed by atoms with Crippen molar-refractivity contribution in [3.8, 4) is 0 Å². The van der Waals surface area contributed by atoms with Gasteiger partial charge in [0.2, 0.25) is 0 Å². The van der Waals surface area contributed by atoms with Crippen molar-refractivity contribution in [3.63, 3.8) is 0 Å². The monoisotopic (exact) mass is 264 g/mol. The van der Waals surface area contributed by atoms with E-state index in [0.29, 0.717) is 11.6 Å². The molecule has 1 aliphatic heterocycles. The number of nitro groups is 1. The molecule has 1 aromatic carbocycles. The molecule has 0 aliphatic carbocycles. The Bertz CT molecular complexity index is 459. The lowest BCUT2D eigenvalue weighted by Crippen LogP contribution is -2.41. The molecule has 104 valence electrons. The molecule has 1 fully saturated rings. The number of hydrogen-bond acceptors (Lipinski definition) is 5. The van der Waals surface area contributed by atoms with E-state index in [0.717, 1.165) is 31.6 Å². The van der Waals surface area contributed by atoms with Crippen LogP contribution in [0.1, 0.15) is 18.4 Å². The van der Waals surface area contributed by atoms with Gasteiger partial charge < -0.3 is 16.0 Å². The Kier molecular flexibility index (Phi) is 3.90. The molecule has 1 saturated heterocycles. The second-order valence-electron chi connectivity index (χ2n) is 5.01. The summed E-state index contributed by atoms with van der Waals surface area (Å²) >= 11 is 0. The smallest absolute Gasteiger partial charge is 0.295 e. The number of piperidine rings is 1. The van der Waals surface area contributed by atoms with Gasteiger partial charge in [0.1, 0.15) is 5.69 Å². The van der Waals surface area contributed by atoms with Crippen LogP contribution >= 0.6 is 0 Å². The largest absolute Gasteiger partial charge is 0.393 e. The first kappa shape index (κ1) is 13.6. The highest BCUT2D eigenvalue weighted by Crippen LogP contribution is 2.32.